The highest BCUT2D eigenvalue weighted by atomic mass is 79.9. The minimum Gasteiger partial charge on any atom is -0.398 e. The molecule has 0 unspecified atom stereocenters. The fourth-order valence-corrected chi connectivity index (χ4v) is 1.48. The Hall–Kier alpha value is -0.230. The summed E-state index contributed by atoms with van der Waals surface area (Å²) in [5, 5.41) is 0. The fraction of sp³-hybridized carbons (Fsp3) is 0.143. The Morgan fingerprint density at radius 1 is 1.15 bits per heavy atom. The molecule has 2 N–H and O–H groups in total. The van der Waals surface area contributed by atoms with Gasteiger partial charge in [-0.15, -0.1) is 0 Å². The normalized spacial score (nSPS) is 11.8. The average molecular weight is 319 g/mol. The van der Waals surface area contributed by atoms with Crippen molar-refractivity contribution in [3.8, 4) is 0 Å². The minimum absolute atomic E-state index is 0.0571. The Kier molecular flexibility index (Phi) is 2.91. The van der Waals surface area contributed by atoms with Gasteiger partial charge in [-0.25, -0.2) is 0 Å². The van der Waals surface area contributed by atoms with E-state index < -0.39 is 11.7 Å². The van der Waals surface area contributed by atoms with E-state index in [9.17, 15) is 13.2 Å². The van der Waals surface area contributed by atoms with E-state index in [1.54, 1.807) is 0 Å². The third-order valence-corrected chi connectivity index (χ3v) is 3.43. The van der Waals surface area contributed by atoms with Gasteiger partial charge in [0.1, 0.15) is 0 Å². The van der Waals surface area contributed by atoms with E-state index in [2.05, 4.69) is 31.9 Å². The van der Waals surface area contributed by atoms with E-state index in [1.807, 2.05) is 0 Å². The molecule has 0 spiro atoms. The van der Waals surface area contributed by atoms with E-state index in [1.165, 1.54) is 0 Å². The van der Waals surface area contributed by atoms with E-state index in [0.29, 0.717) is 8.95 Å². The van der Waals surface area contributed by atoms with E-state index >= 15 is 0 Å². The molecule has 0 aliphatic rings. The molecule has 0 aliphatic heterocycles. The third kappa shape index (κ3) is 2.37. The zero-order valence-electron chi connectivity index (χ0n) is 6.12. The van der Waals surface area contributed by atoms with E-state index in [-0.39, 0.29) is 5.69 Å². The van der Waals surface area contributed by atoms with Gasteiger partial charge < -0.3 is 5.73 Å². The number of nitrogen functional groups attached to an aromatic ring is 1. The topological polar surface area (TPSA) is 26.0 Å². The maximum absolute atomic E-state index is 12.2. The maximum Gasteiger partial charge on any atom is 0.416 e. The van der Waals surface area contributed by atoms with Crippen LogP contribution in [0.4, 0.5) is 18.9 Å². The van der Waals surface area contributed by atoms with Crippen molar-refractivity contribution in [1.82, 2.24) is 0 Å². The molecule has 1 aromatic carbocycles. The number of hydrogen-bond acceptors (Lipinski definition) is 1. The molecule has 0 saturated carbocycles. The lowest BCUT2D eigenvalue weighted by Crippen LogP contribution is -2.06. The van der Waals surface area contributed by atoms with Crippen molar-refractivity contribution in [2.75, 3.05) is 5.73 Å². The van der Waals surface area contributed by atoms with Crippen molar-refractivity contribution in [3.05, 3.63) is 26.6 Å². The molecular weight excluding hydrogens is 315 g/mol. The van der Waals surface area contributed by atoms with Crippen LogP contribution in [0.1, 0.15) is 5.56 Å². The molecule has 0 saturated heterocycles. The first kappa shape index (κ1) is 10.8. The Bertz CT molecular complexity index is 312. The number of rotatable bonds is 0. The van der Waals surface area contributed by atoms with Gasteiger partial charge in [0.2, 0.25) is 0 Å². The van der Waals surface area contributed by atoms with E-state index in [0.717, 1.165) is 12.1 Å². The van der Waals surface area contributed by atoms with Crippen LogP contribution >= 0.6 is 31.9 Å². The lowest BCUT2D eigenvalue weighted by molar-refractivity contribution is -0.137. The molecule has 0 aliphatic carbocycles. The standard InChI is InChI=1S/C7H4Br2F3N/c8-4-1-3(7(10,11)12)2-5(13)6(4)9/h1-2H,13H2. The lowest BCUT2D eigenvalue weighted by Gasteiger charge is -2.09. The number of hydrogen-bond donors (Lipinski definition) is 1. The van der Waals surface area contributed by atoms with Crippen molar-refractivity contribution in [2.45, 2.75) is 6.18 Å². The van der Waals surface area contributed by atoms with Crippen LogP contribution in [0.2, 0.25) is 0 Å². The molecule has 0 atom stereocenters. The highest BCUT2D eigenvalue weighted by Gasteiger charge is 2.31. The molecule has 0 fully saturated rings. The summed E-state index contributed by atoms with van der Waals surface area (Å²) in [7, 11) is 0. The molecule has 1 nitrogen and oxygen atoms in total. The molecule has 1 aromatic rings. The molecule has 0 amide bonds. The number of anilines is 1. The number of halogens is 5. The molecule has 1 rings (SSSR count). The number of benzene rings is 1. The van der Waals surface area contributed by atoms with Gasteiger partial charge in [0, 0.05) is 10.2 Å². The van der Waals surface area contributed by atoms with Crippen LogP contribution in [-0.2, 0) is 6.18 Å². The molecule has 72 valence electrons. The first-order chi connectivity index (χ1) is 5.82. The Labute approximate surface area is 89.4 Å². The summed E-state index contributed by atoms with van der Waals surface area (Å²) >= 11 is 6.00. The van der Waals surface area contributed by atoms with Gasteiger partial charge in [-0.3, -0.25) is 0 Å². The zero-order valence-corrected chi connectivity index (χ0v) is 9.29. The van der Waals surface area contributed by atoms with Gasteiger partial charge in [-0.2, -0.15) is 13.2 Å². The second kappa shape index (κ2) is 3.49. The van der Waals surface area contributed by atoms with Crippen molar-refractivity contribution in [2.24, 2.45) is 0 Å². The monoisotopic (exact) mass is 317 g/mol. The first-order valence-electron chi connectivity index (χ1n) is 3.14. The Morgan fingerprint density at radius 2 is 1.69 bits per heavy atom. The summed E-state index contributed by atoms with van der Waals surface area (Å²) in [5.41, 5.74) is 4.63. The summed E-state index contributed by atoms with van der Waals surface area (Å²) in [6, 6.07) is 1.86. The second-order valence-corrected chi connectivity index (χ2v) is 4.01. The molecule has 0 heterocycles. The number of alkyl halides is 3. The predicted octanol–water partition coefficient (Wildman–Crippen LogP) is 3.81. The molecule has 0 aromatic heterocycles. The quantitative estimate of drug-likeness (QED) is 0.723. The van der Waals surface area contributed by atoms with Crippen LogP contribution in [0.25, 0.3) is 0 Å². The second-order valence-electron chi connectivity index (χ2n) is 2.36. The zero-order chi connectivity index (χ0) is 10.2. The van der Waals surface area contributed by atoms with Crippen LogP contribution in [0.15, 0.2) is 21.1 Å². The summed E-state index contributed by atoms with van der Waals surface area (Å²) in [6.45, 7) is 0. The number of nitrogens with two attached hydrogens (primary N) is 1. The molecule has 0 radical (unpaired) electrons. The lowest BCUT2D eigenvalue weighted by atomic mass is 10.2. The summed E-state index contributed by atoms with van der Waals surface area (Å²) in [4.78, 5) is 0. The predicted molar refractivity (Wildman–Crippen MR) is 51.3 cm³/mol. The molecule has 6 heteroatoms. The van der Waals surface area contributed by atoms with Crippen molar-refractivity contribution < 1.29 is 13.2 Å². The largest absolute Gasteiger partial charge is 0.416 e. The van der Waals surface area contributed by atoms with Crippen LogP contribution < -0.4 is 5.73 Å². The summed E-state index contributed by atoms with van der Waals surface area (Å²) in [6.07, 6.45) is -4.36. The highest BCUT2D eigenvalue weighted by molar-refractivity contribution is 9.13. The Balaban J connectivity index is 3.29. The van der Waals surface area contributed by atoms with Crippen LogP contribution in [0.3, 0.4) is 0 Å². The average Bonchev–Trinajstić information content (AvgIpc) is 1.97. The molecule has 13 heavy (non-hydrogen) atoms. The summed E-state index contributed by atoms with van der Waals surface area (Å²) in [5.74, 6) is 0. The van der Waals surface area contributed by atoms with E-state index in [4.69, 9.17) is 5.73 Å². The third-order valence-electron chi connectivity index (χ3n) is 1.38. The first-order valence-corrected chi connectivity index (χ1v) is 4.72. The van der Waals surface area contributed by atoms with Crippen molar-refractivity contribution in [1.29, 1.82) is 0 Å². The molecular formula is C7H4Br2F3N. The smallest absolute Gasteiger partial charge is 0.398 e. The maximum atomic E-state index is 12.2. The molecule has 0 bridgehead atoms. The Morgan fingerprint density at radius 3 is 2.08 bits per heavy atom. The highest BCUT2D eigenvalue weighted by Crippen LogP contribution is 2.37. The SMILES string of the molecule is Nc1cc(C(F)(F)F)cc(Br)c1Br. The minimum atomic E-state index is -4.36. The van der Waals surface area contributed by atoms with Gasteiger partial charge in [0.25, 0.3) is 0 Å². The van der Waals surface area contributed by atoms with Crippen molar-refractivity contribution in [3.63, 3.8) is 0 Å². The summed E-state index contributed by atoms with van der Waals surface area (Å²) < 4.78 is 37.3. The van der Waals surface area contributed by atoms with Gasteiger partial charge >= 0.3 is 6.18 Å². The van der Waals surface area contributed by atoms with Gasteiger partial charge in [0.05, 0.1) is 10.0 Å². The van der Waals surface area contributed by atoms with Crippen LogP contribution in [0, 0.1) is 0 Å². The van der Waals surface area contributed by atoms with Crippen LogP contribution in [-0.4, -0.2) is 0 Å². The van der Waals surface area contributed by atoms with Gasteiger partial charge in [0.15, 0.2) is 0 Å². The van der Waals surface area contributed by atoms with Gasteiger partial charge in [-0.05, 0) is 44.0 Å². The van der Waals surface area contributed by atoms with Crippen molar-refractivity contribution >= 4 is 37.5 Å². The van der Waals surface area contributed by atoms with Gasteiger partial charge in [-0.1, -0.05) is 0 Å². The van der Waals surface area contributed by atoms with Crippen LogP contribution in [0.5, 0.6) is 0 Å². The fourth-order valence-electron chi connectivity index (χ4n) is 0.774.